The molecule has 82 valence electrons. The summed E-state index contributed by atoms with van der Waals surface area (Å²) in [5.74, 6) is -1.56. The fourth-order valence-corrected chi connectivity index (χ4v) is 1.77. The molecule has 0 aliphatic heterocycles. The Labute approximate surface area is 86.5 Å². The number of benzene rings is 1. The molecule has 1 aromatic carbocycles. The minimum atomic E-state index is -0.931. The van der Waals surface area contributed by atoms with Gasteiger partial charge in [-0.25, -0.2) is 8.78 Å². The molecule has 0 saturated heterocycles. The highest BCUT2D eigenvalue weighted by Gasteiger charge is 2.27. The molecule has 0 aromatic heterocycles. The van der Waals surface area contributed by atoms with Gasteiger partial charge >= 0.3 is 0 Å². The van der Waals surface area contributed by atoms with Gasteiger partial charge in [-0.05, 0) is 31.4 Å². The first-order valence-electron chi connectivity index (χ1n) is 4.96. The predicted molar refractivity (Wildman–Crippen MR) is 50.6 cm³/mol. The van der Waals surface area contributed by atoms with E-state index in [9.17, 15) is 13.9 Å². The van der Waals surface area contributed by atoms with Gasteiger partial charge in [-0.1, -0.05) is 0 Å². The van der Waals surface area contributed by atoms with Gasteiger partial charge in [-0.3, -0.25) is 0 Å². The van der Waals surface area contributed by atoms with E-state index in [2.05, 4.69) is 0 Å². The summed E-state index contributed by atoms with van der Waals surface area (Å²) < 4.78 is 30.8. The largest absolute Gasteiger partial charge is 0.488 e. The number of aliphatic hydroxyl groups excluding tert-OH is 1. The summed E-state index contributed by atoms with van der Waals surface area (Å²) in [6.07, 6.45) is 1.55. The van der Waals surface area contributed by atoms with Crippen LogP contribution < -0.4 is 4.74 Å². The molecule has 0 spiro atoms. The van der Waals surface area contributed by atoms with Crippen LogP contribution in [0.1, 0.15) is 19.3 Å². The van der Waals surface area contributed by atoms with Gasteiger partial charge in [0.2, 0.25) is 0 Å². The molecular weight excluding hydrogens is 202 g/mol. The highest BCUT2D eigenvalue weighted by molar-refractivity contribution is 5.24. The van der Waals surface area contributed by atoms with Gasteiger partial charge in [0.05, 0.1) is 6.10 Å². The van der Waals surface area contributed by atoms with Crippen molar-refractivity contribution in [2.45, 2.75) is 31.5 Å². The molecule has 1 aliphatic carbocycles. The number of rotatable bonds is 2. The van der Waals surface area contributed by atoms with Crippen LogP contribution in [-0.4, -0.2) is 17.3 Å². The Hall–Kier alpha value is -1.16. The van der Waals surface area contributed by atoms with Crippen LogP contribution >= 0.6 is 0 Å². The number of halogens is 2. The second kappa shape index (κ2) is 4.14. The quantitative estimate of drug-likeness (QED) is 0.818. The van der Waals surface area contributed by atoms with Gasteiger partial charge in [0.1, 0.15) is 11.9 Å². The summed E-state index contributed by atoms with van der Waals surface area (Å²) in [4.78, 5) is 0. The van der Waals surface area contributed by atoms with E-state index in [4.69, 9.17) is 4.74 Å². The first-order chi connectivity index (χ1) is 7.16. The van der Waals surface area contributed by atoms with E-state index >= 15 is 0 Å². The zero-order valence-electron chi connectivity index (χ0n) is 8.12. The summed E-state index contributed by atoms with van der Waals surface area (Å²) in [7, 11) is 0. The molecule has 4 heteroatoms. The Bertz CT molecular complexity index is 354. The highest BCUT2D eigenvalue weighted by Crippen LogP contribution is 2.25. The highest BCUT2D eigenvalue weighted by atomic mass is 19.2. The first-order valence-corrected chi connectivity index (χ1v) is 4.96. The van der Waals surface area contributed by atoms with Gasteiger partial charge < -0.3 is 9.84 Å². The molecule has 1 fully saturated rings. The predicted octanol–water partition coefficient (Wildman–Crippen LogP) is 2.26. The van der Waals surface area contributed by atoms with E-state index in [0.717, 1.165) is 25.0 Å². The minimum Gasteiger partial charge on any atom is -0.488 e. The van der Waals surface area contributed by atoms with Crippen LogP contribution in [0.3, 0.4) is 0 Å². The van der Waals surface area contributed by atoms with Gasteiger partial charge in [0.15, 0.2) is 11.6 Å². The third-order valence-electron chi connectivity index (χ3n) is 2.60. The third kappa shape index (κ3) is 2.26. The number of hydrogen-bond acceptors (Lipinski definition) is 2. The van der Waals surface area contributed by atoms with Crippen LogP contribution in [0.15, 0.2) is 18.2 Å². The Kier molecular flexibility index (Phi) is 2.86. The van der Waals surface area contributed by atoms with Crippen LogP contribution in [0.4, 0.5) is 8.78 Å². The lowest BCUT2D eigenvalue weighted by Crippen LogP contribution is -2.25. The van der Waals surface area contributed by atoms with E-state index in [1.54, 1.807) is 0 Å². The van der Waals surface area contributed by atoms with Crippen molar-refractivity contribution < 1.29 is 18.6 Å². The summed E-state index contributed by atoms with van der Waals surface area (Å²) >= 11 is 0. The van der Waals surface area contributed by atoms with Gasteiger partial charge in [0.25, 0.3) is 0 Å². The molecule has 1 N–H and O–H groups in total. The van der Waals surface area contributed by atoms with Crippen LogP contribution in [0.2, 0.25) is 0 Å². The SMILES string of the molecule is O[C@H]1CCC[C@@H]1Oc1ccc(F)c(F)c1. The molecule has 15 heavy (non-hydrogen) atoms. The van der Waals surface area contributed by atoms with Crippen LogP contribution in [0, 0.1) is 11.6 Å². The summed E-state index contributed by atoms with van der Waals surface area (Å²) in [6.45, 7) is 0. The average Bonchev–Trinajstić information content (AvgIpc) is 2.59. The topological polar surface area (TPSA) is 29.5 Å². The Morgan fingerprint density at radius 2 is 2.00 bits per heavy atom. The zero-order chi connectivity index (χ0) is 10.8. The van der Waals surface area contributed by atoms with Crippen molar-refractivity contribution in [1.82, 2.24) is 0 Å². The maximum atomic E-state index is 12.8. The van der Waals surface area contributed by atoms with E-state index < -0.39 is 17.7 Å². The van der Waals surface area contributed by atoms with E-state index in [1.165, 1.54) is 6.07 Å². The van der Waals surface area contributed by atoms with E-state index in [-0.39, 0.29) is 11.9 Å². The fraction of sp³-hybridized carbons (Fsp3) is 0.455. The average molecular weight is 214 g/mol. The maximum absolute atomic E-state index is 12.8. The molecule has 2 rings (SSSR count). The Balaban J connectivity index is 2.07. The fourth-order valence-electron chi connectivity index (χ4n) is 1.77. The summed E-state index contributed by atoms with van der Waals surface area (Å²) in [6, 6.07) is 3.38. The second-order valence-corrected chi connectivity index (χ2v) is 3.73. The Morgan fingerprint density at radius 1 is 1.20 bits per heavy atom. The lowest BCUT2D eigenvalue weighted by Gasteiger charge is -2.16. The summed E-state index contributed by atoms with van der Waals surface area (Å²) in [5.41, 5.74) is 0. The molecule has 1 aliphatic rings. The van der Waals surface area contributed by atoms with Crippen molar-refractivity contribution in [2.24, 2.45) is 0 Å². The van der Waals surface area contributed by atoms with Crippen molar-refractivity contribution in [2.75, 3.05) is 0 Å². The van der Waals surface area contributed by atoms with Gasteiger partial charge in [-0.15, -0.1) is 0 Å². The molecule has 1 saturated carbocycles. The van der Waals surface area contributed by atoms with Crippen LogP contribution in [-0.2, 0) is 0 Å². The van der Waals surface area contributed by atoms with Crippen molar-refractivity contribution >= 4 is 0 Å². The number of aliphatic hydroxyl groups is 1. The monoisotopic (exact) mass is 214 g/mol. The van der Waals surface area contributed by atoms with Crippen molar-refractivity contribution in [3.05, 3.63) is 29.8 Å². The molecule has 0 amide bonds. The normalized spacial score (nSPS) is 25.5. The summed E-state index contributed by atoms with van der Waals surface area (Å²) in [5, 5.41) is 9.48. The maximum Gasteiger partial charge on any atom is 0.162 e. The molecule has 0 bridgehead atoms. The number of ether oxygens (including phenoxy) is 1. The van der Waals surface area contributed by atoms with Crippen molar-refractivity contribution in [3.63, 3.8) is 0 Å². The molecule has 2 atom stereocenters. The zero-order valence-corrected chi connectivity index (χ0v) is 8.12. The van der Waals surface area contributed by atoms with Crippen molar-refractivity contribution in [1.29, 1.82) is 0 Å². The van der Waals surface area contributed by atoms with Crippen LogP contribution in [0.25, 0.3) is 0 Å². The smallest absolute Gasteiger partial charge is 0.162 e. The standard InChI is InChI=1S/C11H12F2O2/c12-8-5-4-7(6-9(8)13)15-11-3-1-2-10(11)14/h4-6,10-11,14H,1-3H2/t10-,11-/m0/s1. The lowest BCUT2D eigenvalue weighted by atomic mass is 10.2. The second-order valence-electron chi connectivity index (χ2n) is 3.73. The molecule has 0 unspecified atom stereocenters. The third-order valence-corrected chi connectivity index (χ3v) is 2.60. The van der Waals surface area contributed by atoms with Crippen LogP contribution in [0.5, 0.6) is 5.75 Å². The minimum absolute atomic E-state index is 0.264. The molecule has 0 radical (unpaired) electrons. The van der Waals surface area contributed by atoms with E-state index in [0.29, 0.717) is 6.42 Å². The molecule has 0 heterocycles. The molecule has 1 aromatic rings. The first kappa shape index (κ1) is 10.4. The molecular formula is C11H12F2O2. The van der Waals surface area contributed by atoms with E-state index in [1.807, 2.05) is 0 Å². The number of hydrogen-bond donors (Lipinski definition) is 1. The lowest BCUT2D eigenvalue weighted by molar-refractivity contribution is 0.0601. The van der Waals surface area contributed by atoms with Gasteiger partial charge in [0, 0.05) is 6.07 Å². The Morgan fingerprint density at radius 3 is 2.60 bits per heavy atom. The van der Waals surface area contributed by atoms with Crippen molar-refractivity contribution in [3.8, 4) is 5.75 Å². The van der Waals surface area contributed by atoms with Gasteiger partial charge in [-0.2, -0.15) is 0 Å². The molecule has 2 nitrogen and oxygen atoms in total.